The van der Waals surface area contributed by atoms with E-state index in [1.54, 1.807) is 12.1 Å². The number of carbonyl (C=O) groups excluding carboxylic acids is 1. The van der Waals surface area contributed by atoms with Crippen LogP contribution in [0.5, 0.6) is 0 Å². The first kappa shape index (κ1) is 20.5. The molecule has 0 saturated carbocycles. The van der Waals surface area contributed by atoms with Gasteiger partial charge in [0.05, 0.1) is 18.8 Å². The number of nitrogens with two attached hydrogens (primary N) is 1. The molecule has 1 aromatic carbocycles. The van der Waals surface area contributed by atoms with Crippen molar-refractivity contribution in [3.63, 3.8) is 0 Å². The van der Waals surface area contributed by atoms with Crippen molar-refractivity contribution in [2.45, 2.75) is 0 Å². The van der Waals surface area contributed by atoms with E-state index in [9.17, 15) is 4.79 Å². The highest BCUT2D eigenvalue weighted by Crippen LogP contribution is 2.18. The lowest BCUT2D eigenvalue weighted by Crippen LogP contribution is -2.41. The number of nitrogens with one attached hydrogen (secondary N) is 1. The molecule has 5 nitrogen and oxygen atoms in total. The first-order valence-electron chi connectivity index (χ1n) is 6.30. The van der Waals surface area contributed by atoms with Gasteiger partial charge in [-0.3, -0.25) is 9.69 Å². The van der Waals surface area contributed by atoms with E-state index in [4.69, 9.17) is 10.5 Å². The zero-order valence-corrected chi connectivity index (χ0v) is 14.7. The summed E-state index contributed by atoms with van der Waals surface area (Å²) >= 11 is 3.32. The molecule has 120 valence electrons. The normalized spacial score (nSPS) is 14.7. The molecular formula is C13H20BrCl2N3O2. The van der Waals surface area contributed by atoms with Crippen LogP contribution in [0.4, 0.5) is 5.69 Å². The maximum absolute atomic E-state index is 12.0. The molecule has 0 bridgehead atoms. The summed E-state index contributed by atoms with van der Waals surface area (Å²) in [7, 11) is 0. The molecule has 0 atom stereocenters. The van der Waals surface area contributed by atoms with Gasteiger partial charge in [0.2, 0.25) is 0 Å². The molecule has 2 rings (SSSR count). The Kier molecular flexibility index (Phi) is 9.98. The van der Waals surface area contributed by atoms with Gasteiger partial charge in [0.25, 0.3) is 5.91 Å². The van der Waals surface area contributed by atoms with Gasteiger partial charge < -0.3 is 15.8 Å². The smallest absolute Gasteiger partial charge is 0.253 e. The molecule has 1 aliphatic heterocycles. The van der Waals surface area contributed by atoms with Crippen LogP contribution in [0.3, 0.4) is 0 Å². The minimum absolute atomic E-state index is 0. The lowest BCUT2D eigenvalue weighted by molar-refractivity contribution is 0.0383. The second-order valence-corrected chi connectivity index (χ2v) is 5.36. The van der Waals surface area contributed by atoms with E-state index in [0.717, 1.165) is 37.3 Å². The Hall–Kier alpha value is -0.530. The Morgan fingerprint density at radius 2 is 2.00 bits per heavy atom. The van der Waals surface area contributed by atoms with E-state index in [1.165, 1.54) is 0 Å². The fourth-order valence-electron chi connectivity index (χ4n) is 1.99. The molecule has 21 heavy (non-hydrogen) atoms. The number of anilines is 1. The van der Waals surface area contributed by atoms with Crippen LogP contribution in [-0.4, -0.2) is 50.2 Å². The van der Waals surface area contributed by atoms with Gasteiger partial charge >= 0.3 is 0 Å². The number of halogens is 3. The number of nitrogen functional groups attached to an aromatic ring is 1. The Morgan fingerprint density at radius 3 is 2.62 bits per heavy atom. The van der Waals surface area contributed by atoms with Gasteiger partial charge in [-0.1, -0.05) is 15.9 Å². The number of benzene rings is 1. The summed E-state index contributed by atoms with van der Waals surface area (Å²) in [5.74, 6) is -0.127. The summed E-state index contributed by atoms with van der Waals surface area (Å²) < 4.78 is 6.14. The molecule has 1 heterocycles. The Balaban J connectivity index is 0.00000200. The highest BCUT2D eigenvalue weighted by Gasteiger charge is 2.12. The summed E-state index contributed by atoms with van der Waals surface area (Å²) in [5.41, 5.74) is 6.82. The van der Waals surface area contributed by atoms with Crippen molar-refractivity contribution in [1.29, 1.82) is 0 Å². The number of carbonyl (C=O) groups is 1. The van der Waals surface area contributed by atoms with Crippen molar-refractivity contribution in [2.24, 2.45) is 0 Å². The number of hydrogen-bond acceptors (Lipinski definition) is 4. The van der Waals surface area contributed by atoms with Crippen molar-refractivity contribution >= 4 is 52.3 Å². The molecule has 1 aliphatic rings. The molecule has 0 radical (unpaired) electrons. The highest BCUT2D eigenvalue weighted by molar-refractivity contribution is 9.10. The van der Waals surface area contributed by atoms with E-state index in [1.807, 2.05) is 6.07 Å². The number of rotatable bonds is 4. The maximum atomic E-state index is 12.0. The minimum atomic E-state index is -0.127. The lowest BCUT2D eigenvalue weighted by atomic mass is 10.1. The van der Waals surface area contributed by atoms with E-state index in [-0.39, 0.29) is 30.7 Å². The van der Waals surface area contributed by atoms with Crippen LogP contribution in [0.2, 0.25) is 0 Å². The van der Waals surface area contributed by atoms with Gasteiger partial charge in [-0.25, -0.2) is 0 Å². The lowest BCUT2D eigenvalue weighted by Gasteiger charge is -2.26. The summed E-state index contributed by atoms with van der Waals surface area (Å²) in [6.07, 6.45) is 0. The van der Waals surface area contributed by atoms with Crippen molar-refractivity contribution in [3.05, 3.63) is 28.2 Å². The third-order valence-electron chi connectivity index (χ3n) is 3.08. The van der Waals surface area contributed by atoms with Gasteiger partial charge in [-0.15, -0.1) is 24.8 Å². The summed E-state index contributed by atoms with van der Waals surface area (Å²) in [6.45, 7) is 4.85. The Labute approximate surface area is 145 Å². The molecule has 0 aliphatic carbocycles. The Bertz CT molecular complexity index is 457. The zero-order valence-electron chi connectivity index (χ0n) is 11.5. The van der Waals surface area contributed by atoms with Crippen LogP contribution in [-0.2, 0) is 4.74 Å². The fraction of sp³-hybridized carbons (Fsp3) is 0.462. The monoisotopic (exact) mass is 399 g/mol. The Morgan fingerprint density at radius 1 is 1.33 bits per heavy atom. The average molecular weight is 401 g/mol. The van der Waals surface area contributed by atoms with Crippen molar-refractivity contribution in [3.8, 4) is 0 Å². The molecule has 0 aromatic heterocycles. The number of morpholine rings is 1. The van der Waals surface area contributed by atoms with Crippen LogP contribution in [0.1, 0.15) is 10.4 Å². The minimum Gasteiger partial charge on any atom is -0.398 e. The van der Waals surface area contributed by atoms with E-state index < -0.39 is 0 Å². The van der Waals surface area contributed by atoms with Crippen molar-refractivity contribution in [2.75, 3.05) is 45.1 Å². The molecule has 1 fully saturated rings. The van der Waals surface area contributed by atoms with E-state index in [0.29, 0.717) is 17.8 Å². The van der Waals surface area contributed by atoms with E-state index in [2.05, 4.69) is 26.1 Å². The number of hydrogen-bond donors (Lipinski definition) is 2. The molecule has 3 N–H and O–H groups in total. The van der Waals surface area contributed by atoms with Crippen LogP contribution >= 0.6 is 40.7 Å². The summed E-state index contributed by atoms with van der Waals surface area (Å²) in [6, 6.07) is 5.27. The molecular weight excluding hydrogens is 381 g/mol. The zero-order chi connectivity index (χ0) is 13.7. The molecule has 1 amide bonds. The van der Waals surface area contributed by atoms with Gasteiger partial charge in [0.15, 0.2) is 0 Å². The van der Waals surface area contributed by atoms with Crippen LogP contribution < -0.4 is 11.1 Å². The topological polar surface area (TPSA) is 67.6 Å². The summed E-state index contributed by atoms with van der Waals surface area (Å²) in [4.78, 5) is 14.2. The predicted octanol–water partition coefficient (Wildman–Crippen LogP) is 1.94. The molecule has 1 aromatic rings. The van der Waals surface area contributed by atoms with Crippen LogP contribution in [0, 0.1) is 0 Å². The third-order valence-corrected chi connectivity index (χ3v) is 3.57. The predicted molar refractivity (Wildman–Crippen MR) is 92.6 cm³/mol. The van der Waals surface area contributed by atoms with Gasteiger partial charge in [-0.05, 0) is 18.2 Å². The quantitative estimate of drug-likeness (QED) is 0.758. The SMILES string of the molecule is Cl.Cl.Nc1cc(Br)ccc1C(=O)NCCN1CCOCC1. The first-order valence-corrected chi connectivity index (χ1v) is 7.09. The molecule has 8 heteroatoms. The van der Waals surface area contributed by atoms with Gasteiger partial charge in [0.1, 0.15) is 0 Å². The fourth-order valence-corrected chi connectivity index (χ4v) is 2.37. The van der Waals surface area contributed by atoms with E-state index >= 15 is 0 Å². The molecule has 1 saturated heterocycles. The standard InChI is InChI=1S/C13H18BrN3O2.2ClH/c14-10-1-2-11(12(15)9-10)13(18)16-3-4-17-5-7-19-8-6-17;;/h1-2,9H,3-8,15H2,(H,16,18);2*1H. The second-order valence-electron chi connectivity index (χ2n) is 4.44. The number of amides is 1. The largest absolute Gasteiger partial charge is 0.398 e. The van der Waals surface area contributed by atoms with Crippen LogP contribution in [0.15, 0.2) is 22.7 Å². The van der Waals surface area contributed by atoms with Crippen molar-refractivity contribution < 1.29 is 9.53 Å². The average Bonchev–Trinajstić information content (AvgIpc) is 2.39. The second kappa shape index (κ2) is 10.2. The van der Waals surface area contributed by atoms with Crippen LogP contribution in [0.25, 0.3) is 0 Å². The first-order chi connectivity index (χ1) is 9.16. The maximum Gasteiger partial charge on any atom is 0.253 e. The molecule has 0 spiro atoms. The van der Waals surface area contributed by atoms with Gasteiger partial charge in [-0.2, -0.15) is 0 Å². The highest BCUT2D eigenvalue weighted by atomic mass is 79.9. The summed E-state index contributed by atoms with van der Waals surface area (Å²) in [5, 5.41) is 2.89. The van der Waals surface area contributed by atoms with Crippen molar-refractivity contribution in [1.82, 2.24) is 10.2 Å². The van der Waals surface area contributed by atoms with Gasteiger partial charge in [0, 0.05) is 36.3 Å². The third kappa shape index (κ3) is 6.40. The molecule has 0 unspecified atom stereocenters. The number of ether oxygens (including phenoxy) is 1. The number of nitrogens with zero attached hydrogens (tertiary/aromatic N) is 1.